The number of benzene rings is 1. The highest BCUT2D eigenvalue weighted by atomic mass is 32.1. The van der Waals surface area contributed by atoms with E-state index in [-0.39, 0.29) is 11.5 Å². The van der Waals surface area contributed by atoms with Gasteiger partial charge in [-0.05, 0) is 24.4 Å². The highest BCUT2D eigenvalue weighted by Gasteiger charge is 1.98. The number of hydrogen-bond donors (Lipinski definition) is 4. The maximum atomic E-state index is 9.46. The first-order chi connectivity index (χ1) is 8.13. The van der Waals surface area contributed by atoms with Gasteiger partial charge in [0.15, 0.2) is 5.11 Å². The van der Waals surface area contributed by atoms with Crippen LogP contribution in [0.3, 0.4) is 0 Å². The molecule has 5 nitrogen and oxygen atoms in total. The van der Waals surface area contributed by atoms with Crippen LogP contribution in [0, 0.1) is 0 Å². The normalized spacial score (nSPS) is 10.1. The van der Waals surface area contributed by atoms with Crippen molar-refractivity contribution in [2.45, 2.75) is 0 Å². The van der Waals surface area contributed by atoms with Crippen molar-refractivity contribution in [2.75, 3.05) is 6.54 Å². The fourth-order valence-corrected chi connectivity index (χ4v) is 1.14. The van der Waals surface area contributed by atoms with Crippen LogP contribution in [0.4, 0.5) is 0 Å². The molecule has 0 atom stereocenters. The molecule has 0 amide bonds. The zero-order valence-electron chi connectivity index (χ0n) is 9.05. The fourth-order valence-electron chi connectivity index (χ4n) is 1.01. The minimum Gasteiger partial charge on any atom is -0.508 e. The van der Waals surface area contributed by atoms with Gasteiger partial charge in [-0.25, -0.2) is 0 Å². The number of nitrogens with one attached hydrogen (secondary N) is 2. The minimum atomic E-state index is -0.0551. The zero-order valence-corrected chi connectivity index (χ0v) is 9.87. The Kier molecular flexibility index (Phi) is 4.96. The molecule has 1 aromatic rings. The number of rotatable bonds is 4. The first kappa shape index (κ1) is 13.0. The van der Waals surface area contributed by atoms with E-state index in [1.54, 1.807) is 6.08 Å². The Labute approximate surface area is 104 Å². The molecule has 0 aliphatic heterocycles. The quantitative estimate of drug-likeness (QED) is 0.279. The maximum absolute atomic E-state index is 9.46. The summed E-state index contributed by atoms with van der Waals surface area (Å²) < 4.78 is 0. The van der Waals surface area contributed by atoms with E-state index in [4.69, 9.17) is 17.3 Å². The molecule has 0 saturated carbocycles. The summed E-state index contributed by atoms with van der Waals surface area (Å²) in [5, 5.41) is 25.6. The molecule has 1 aromatic carbocycles. The second-order valence-corrected chi connectivity index (χ2v) is 3.52. The molecule has 1 rings (SSSR count). The van der Waals surface area contributed by atoms with E-state index in [0.29, 0.717) is 17.2 Å². The number of hydrogen-bond acceptors (Lipinski definition) is 4. The number of nitrogens with zero attached hydrogens (tertiary/aromatic N) is 1. The average molecular weight is 251 g/mol. The second kappa shape index (κ2) is 6.49. The van der Waals surface area contributed by atoms with E-state index >= 15 is 0 Å². The summed E-state index contributed by atoms with van der Waals surface area (Å²) in [5.74, 6) is -0.0590. The van der Waals surface area contributed by atoms with Gasteiger partial charge in [0.2, 0.25) is 0 Å². The number of phenolic OH excluding ortho intramolecular Hbond substituents is 2. The van der Waals surface area contributed by atoms with Crippen LogP contribution in [-0.2, 0) is 0 Å². The predicted octanol–water partition coefficient (Wildman–Crippen LogP) is 1.08. The number of aromatic hydroxyl groups is 2. The zero-order chi connectivity index (χ0) is 12.7. The van der Waals surface area contributed by atoms with Crippen molar-refractivity contribution in [3.63, 3.8) is 0 Å². The highest BCUT2D eigenvalue weighted by Crippen LogP contribution is 2.20. The lowest BCUT2D eigenvalue weighted by molar-refractivity contribution is 0.450. The molecule has 6 heteroatoms. The van der Waals surface area contributed by atoms with E-state index in [0.717, 1.165) is 0 Å². The molecule has 0 fully saturated rings. The van der Waals surface area contributed by atoms with Crippen molar-refractivity contribution in [3.05, 3.63) is 36.4 Å². The molecule has 0 heterocycles. The van der Waals surface area contributed by atoms with Gasteiger partial charge in [-0.3, -0.25) is 5.43 Å². The molecular formula is C11H13N3O2S. The molecule has 17 heavy (non-hydrogen) atoms. The van der Waals surface area contributed by atoms with Crippen molar-refractivity contribution in [1.82, 2.24) is 10.7 Å². The summed E-state index contributed by atoms with van der Waals surface area (Å²) >= 11 is 4.90. The molecule has 0 radical (unpaired) electrons. The largest absolute Gasteiger partial charge is 0.508 e. The van der Waals surface area contributed by atoms with Gasteiger partial charge in [-0.2, -0.15) is 5.10 Å². The Morgan fingerprint density at radius 1 is 1.47 bits per heavy atom. The molecule has 0 aromatic heterocycles. The molecule has 0 bridgehead atoms. The van der Waals surface area contributed by atoms with Gasteiger partial charge < -0.3 is 15.5 Å². The highest BCUT2D eigenvalue weighted by molar-refractivity contribution is 7.80. The van der Waals surface area contributed by atoms with Crippen molar-refractivity contribution in [2.24, 2.45) is 5.10 Å². The number of phenols is 2. The lowest BCUT2D eigenvalue weighted by Gasteiger charge is -2.03. The summed E-state index contributed by atoms with van der Waals surface area (Å²) in [6.45, 7) is 4.08. The summed E-state index contributed by atoms with van der Waals surface area (Å²) in [7, 11) is 0. The van der Waals surface area contributed by atoms with Crippen LogP contribution < -0.4 is 10.7 Å². The van der Waals surface area contributed by atoms with Crippen molar-refractivity contribution < 1.29 is 10.2 Å². The Hall–Kier alpha value is -2.08. The predicted molar refractivity (Wildman–Crippen MR) is 71.3 cm³/mol. The SMILES string of the molecule is C=CCNC(=S)N/N=C/c1ccc(O)cc1O. The van der Waals surface area contributed by atoms with E-state index in [1.807, 2.05) is 0 Å². The molecule has 4 N–H and O–H groups in total. The lowest BCUT2D eigenvalue weighted by atomic mass is 10.2. The van der Waals surface area contributed by atoms with Gasteiger partial charge in [0.05, 0.1) is 6.21 Å². The number of thiocarbonyl (C=S) groups is 1. The van der Waals surface area contributed by atoms with Crippen LogP contribution in [0.1, 0.15) is 5.56 Å². The third-order valence-electron chi connectivity index (χ3n) is 1.79. The number of hydrazone groups is 1. The van der Waals surface area contributed by atoms with E-state index in [1.165, 1.54) is 24.4 Å². The molecule has 90 valence electrons. The maximum Gasteiger partial charge on any atom is 0.187 e. The van der Waals surface area contributed by atoms with Crippen molar-refractivity contribution in [1.29, 1.82) is 0 Å². The first-order valence-corrected chi connectivity index (χ1v) is 5.24. The van der Waals surface area contributed by atoms with Crippen molar-refractivity contribution >= 4 is 23.5 Å². The van der Waals surface area contributed by atoms with E-state index in [2.05, 4.69) is 22.4 Å². The van der Waals surface area contributed by atoms with Gasteiger partial charge in [-0.1, -0.05) is 6.08 Å². The molecule has 0 aliphatic carbocycles. The van der Waals surface area contributed by atoms with Crippen LogP contribution in [-0.4, -0.2) is 28.1 Å². The van der Waals surface area contributed by atoms with Gasteiger partial charge in [0, 0.05) is 18.2 Å². The molecule has 0 aliphatic rings. The smallest absolute Gasteiger partial charge is 0.187 e. The van der Waals surface area contributed by atoms with E-state index < -0.39 is 0 Å². The van der Waals surface area contributed by atoms with E-state index in [9.17, 15) is 5.11 Å². The van der Waals surface area contributed by atoms with Crippen LogP contribution in [0.2, 0.25) is 0 Å². The van der Waals surface area contributed by atoms with Crippen LogP contribution in [0.5, 0.6) is 11.5 Å². The van der Waals surface area contributed by atoms with Gasteiger partial charge in [0.1, 0.15) is 11.5 Å². The Bertz CT molecular complexity index is 446. The summed E-state index contributed by atoms with van der Waals surface area (Å²) in [6.07, 6.45) is 3.07. The van der Waals surface area contributed by atoms with Gasteiger partial charge in [0.25, 0.3) is 0 Å². The summed E-state index contributed by atoms with van der Waals surface area (Å²) in [6, 6.07) is 4.22. The van der Waals surface area contributed by atoms with Crippen molar-refractivity contribution in [3.8, 4) is 11.5 Å². The standard InChI is InChI=1S/C11H13N3O2S/c1-2-5-12-11(17)14-13-7-8-3-4-9(15)6-10(8)16/h2-4,6-7,15-16H,1,5H2,(H2,12,14,17)/b13-7+. The molecule has 0 unspecified atom stereocenters. The Balaban J connectivity index is 2.53. The molecule has 0 saturated heterocycles. The monoisotopic (exact) mass is 251 g/mol. The first-order valence-electron chi connectivity index (χ1n) is 4.83. The van der Waals surface area contributed by atoms with Crippen LogP contribution in [0.15, 0.2) is 36.0 Å². The van der Waals surface area contributed by atoms with Crippen LogP contribution >= 0.6 is 12.2 Å². The third-order valence-corrected chi connectivity index (χ3v) is 2.03. The van der Waals surface area contributed by atoms with Gasteiger partial charge >= 0.3 is 0 Å². The Morgan fingerprint density at radius 3 is 2.88 bits per heavy atom. The second-order valence-electron chi connectivity index (χ2n) is 3.11. The molecular weight excluding hydrogens is 238 g/mol. The lowest BCUT2D eigenvalue weighted by Crippen LogP contribution is -2.31. The van der Waals surface area contributed by atoms with Crippen LogP contribution in [0.25, 0.3) is 0 Å². The molecule has 0 spiro atoms. The Morgan fingerprint density at radius 2 is 2.24 bits per heavy atom. The average Bonchev–Trinajstić information content (AvgIpc) is 2.29. The minimum absolute atomic E-state index is 0.00391. The fraction of sp³-hybridized carbons (Fsp3) is 0.0909. The third kappa shape index (κ3) is 4.52. The van der Waals surface area contributed by atoms with Gasteiger partial charge in [-0.15, -0.1) is 6.58 Å². The summed E-state index contributed by atoms with van der Waals surface area (Å²) in [4.78, 5) is 0. The summed E-state index contributed by atoms with van der Waals surface area (Å²) in [5.41, 5.74) is 3.05. The topological polar surface area (TPSA) is 76.9 Å².